The number of nitrogens with zero attached hydrogens (tertiary/aromatic N) is 3. The molecule has 1 aliphatic heterocycles. The number of carboxylic acid groups (broad SMARTS) is 2. The molecule has 1 aliphatic rings. The van der Waals surface area contributed by atoms with Gasteiger partial charge in [0.15, 0.2) is 0 Å². The molecule has 3 rings (SSSR count). The van der Waals surface area contributed by atoms with Crippen LogP contribution in [0.3, 0.4) is 0 Å². The normalized spacial score (nSPS) is 13.4. The number of methoxy groups -OCH3 is 1. The van der Waals surface area contributed by atoms with E-state index in [1.807, 2.05) is 12.1 Å². The average molecular weight is 494 g/mol. The molecule has 12 heteroatoms. The lowest BCUT2D eigenvalue weighted by atomic mass is 10.1. The van der Waals surface area contributed by atoms with Gasteiger partial charge in [-0.2, -0.15) is 0 Å². The zero-order valence-electron chi connectivity index (χ0n) is 18.7. The second-order valence-corrected chi connectivity index (χ2v) is 9.44. The second kappa shape index (κ2) is 12.7. The number of carbonyl (C=O) groups excluding carboxylic acids is 1. The minimum atomic E-state index is -3.37. The van der Waals surface area contributed by atoms with Gasteiger partial charge in [-0.1, -0.05) is 6.07 Å². The van der Waals surface area contributed by atoms with Crippen LogP contribution >= 0.6 is 0 Å². The van der Waals surface area contributed by atoms with Crippen LogP contribution in [0.5, 0.6) is 5.75 Å². The molecule has 0 radical (unpaired) electrons. The molecule has 1 aromatic heterocycles. The van der Waals surface area contributed by atoms with Gasteiger partial charge in [0.05, 0.1) is 12.9 Å². The maximum atomic E-state index is 13.1. The van der Waals surface area contributed by atoms with Gasteiger partial charge < -0.3 is 19.8 Å². The Kier molecular flexibility index (Phi) is 9.95. The Balaban J connectivity index is 0.000000604. The van der Waals surface area contributed by atoms with Gasteiger partial charge >= 0.3 is 11.9 Å². The summed E-state index contributed by atoms with van der Waals surface area (Å²) in [5, 5.41) is 14.8. The van der Waals surface area contributed by atoms with Gasteiger partial charge in [-0.05, 0) is 48.7 Å². The van der Waals surface area contributed by atoms with Crippen molar-refractivity contribution in [2.45, 2.75) is 19.4 Å². The van der Waals surface area contributed by atoms with Crippen molar-refractivity contribution >= 4 is 27.9 Å². The highest BCUT2D eigenvalue weighted by atomic mass is 32.2. The van der Waals surface area contributed by atoms with E-state index in [1.54, 1.807) is 48.7 Å². The number of pyridine rings is 1. The predicted octanol–water partition coefficient (Wildman–Crippen LogP) is 1.31. The number of rotatable bonds is 8. The van der Waals surface area contributed by atoms with E-state index in [4.69, 9.17) is 24.5 Å². The van der Waals surface area contributed by atoms with Crippen molar-refractivity contribution < 1.29 is 37.8 Å². The Morgan fingerprint density at radius 2 is 1.68 bits per heavy atom. The molecule has 0 aliphatic carbocycles. The molecule has 1 saturated heterocycles. The fraction of sp³-hybridized carbons (Fsp3) is 0.364. The molecule has 0 spiro atoms. The van der Waals surface area contributed by atoms with Gasteiger partial charge in [-0.15, -0.1) is 0 Å². The number of amides is 1. The third-order valence-electron chi connectivity index (χ3n) is 4.99. The molecule has 184 valence electrons. The Bertz CT molecular complexity index is 1070. The lowest BCUT2D eigenvalue weighted by Crippen LogP contribution is -2.38. The molecule has 2 aromatic rings. The van der Waals surface area contributed by atoms with Crippen LogP contribution in [-0.4, -0.2) is 83.2 Å². The molecular formula is C22H27N3O8S. The maximum absolute atomic E-state index is 13.1. The first kappa shape index (κ1) is 26.7. The Labute approximate surface area is 197 Å². The minimum Gasteiger partial charge on any atom is -0.497 e. The van der Waals surface area contributed by atoms with Crippen molar-refractivity contribution in [2.75, 3.05) is 32.5 Å². The van der Waals surface area contributed by atoms with Crippen molar-refractivity contribution in [2.24, 2.45) is 0 Å². The quantitative estimate of drug-likeness (QED) is 0.518. The summed E-state index contributed by atoms with van der Waals surface area (Å²) in [5.41, 5.74) is 1.36. The van der Waals surface area contributed by atoms with E-state index >= 15 is 0 Å². The molecule has 0 unspecified atom stereocenters. The highest BCUT2D eigenvalue weighted by Gasteiger charge is 2.27. The van der Waals surface area contributed by atoms with Crippen LogP contribution in [-0.2, 0) is 26.2 Å². The van der Waals surface area contributed by atoms with Crippen LogP contribution in [0.25, 0.3) is 0 Å². The Hall–Kier alpha value is -3.51. The number of aromatic nitrogens is 1. The largest absolute Gasteiger partial charge is 0.497 e. The van der Waals surface area contributed by atoms with Crippen LogP contribution in [0.2, 0.25) is 0 Å². The molecule has 0 bridgehead atoms. The van der Waals surface area contributed by atoms with Crippen molar-refractivity contribution in [3.05, 3.63) is 59.9 Å². The van der Waals surface area contributed by atoms with Crippen molar-refractivity contribution in [1.82, 2.24) is 14.2 Å². The lowest BCUT2D eigenvalue weighted by Gasteiger charge is -2.24. The monoisotopic (exact) mass is 493 g/mol. The number of carbonyl (C=O) groups is 3. The fourth-order valence-electron chi connectivity index (χ4n) is 3.22. The van der Waals surface area contributed by atoms with Gasteiger partial charge in [-0.3, -0.25) is 9.78 Å². The smallest absolute Gasteiger partial charge is 0.414 e. The molecule has 1 fully saturated rings. The van der Waals surface area contributed by atoms with Crippen LogP contribution in [0.4, 0.5) is 0 Å². The summed E-state index contributed by atoms with van der Waals surface area (Å²) in [7, 11) is -1.83. The summed E-state index contributed by atoms with van der Waals surface area (Å²) < 4.78 is 31.9. The molecule has 2 heterocycles. The van der Waals surface area contributed by atoms with Gasteiger partial charge in [0.2, 0.25) is 10.0 Å². The maximum Gasteiger partial charge on any atom is 0.414 e. The Morgan fingerprint density at radius 1 is 1.06 bits per heavy atom. The molecule has 2 N–H and O–H groups in total. The number of benzene rings is 1. The molecular weight excluding hydrogens is 466 g/mol. The predicted molar refractivity (Wildman–Crippen MR) is 122 cm³/mol. The van der Waals surface area contributed by atoms with E-state index in [0.29, 0.717) is 30.9 Å². The third kappa shape index (κ3) is 8.12. The first-order valence-corrected chi connectivity index (χ1v) is 12.0. The molecule has 1 aromatic carbocycles. The number of carboxylic acids is 2. The third-order valence-corrected chi connectivity index (χ3v) is 6.84. The highest BCUT2D eigenvalue weighted by molar-refractivity contribution is 7.89. The van der Waals surface area contributed by atoms with E-state index in [1.165, 1.54) is 4.31 Å². The number of hydrogen-bond acceptors (Lipinski definition) is 7. The van der Waals surface area contributed by atoms with Gasteiger partial charge in [0.1, 0.15) is 5.75 Å². The van der Waals surface area contributed by atoms with E-state index in [9.17, 15) is 13.2 Å². The summed E-state index contributed by atoms with van der Waals surface area (Å²) >= 11 is 0. The van der Waals surface area contributed by atoms with Gasteiger partial charge in [0.25, 0.3) is 5.91 Å². The van der Waals surface area contributed by atoms with Crippen molar-refractivity contribution in [1.29, 1.82) is 0 Å². The molecule has 34 heavy (non-hydrogen) atoms. The van der Waals surface area contributed by atoms with Gasteiger partial charge in [0, 0.05) is 44.1 Å². The summed E-state index contributed by atoms with van der Waals surface area (Å²) in [6.45, 7) is 1.57. The highest BCUT2D eigenvalue weighted by Crippen LogP contribution is 2.17. The van der Waals surface area contributed by atoms with Crippen LogP contribution in [0, 0.1) is 0 Å². The second-order valence-electron chi connectivity index (χ2n) is 7.35. The van der Waals surface area contributed by atoms with E-state index in [-0.39, 0.29) is 18.2 Å². The van der Waals surface area contributed by atoms with E-state index in [0.717, 1.165) is 18.4 Å². The molecule has 0 atom stereocenters. The first-order valence-electron chi connectivity index (χ1n) is 10.4. The van der Waals surface area contributed by atoms with Crippen molar-refractivity contribution in [3.8, 4) is 5.75 Å². The SMILES string of the molecule is COc1cccc(C(=O)N(CCS(=O)(=O)N2CCCC2)Cc2ccncc2)c1.O=C(O)C(=O)O. The minimum absolute atomic E-state index is 0.0895. The van der Waals surface area contributed by atoms with Crippen LogP contribution in [0.15, 0.2) is 48.8 Å². The number of ether oxygens (including phenoxy) is 1. The van der Waals surface area contributed by atoms with E-state index < -0.39 is 22.0 Å². The van der Waals surface area contributed by atoms with Crippen molar-refractivity contribution in [3.63, 3.8) is 0 Å². The topological polar surface area (TPSA) is 154 Å². The molecule has 1 amide bonds. The lowest BCUT2D eigenvalue weighted by molar-refractivity contribution is -0.159. The van der Waals surface area contributed by atoms with Gasteiger partial charge in [-0.25, -0.2) is 22.3 Å². The fourth-order valence-corrected chi connectivity index (χ4v) is 4.74. The average Bonchev–Trinajstić information content (AvgIpc) is 3.38. The Morgan fingerprint density at radius 3 is 2.24 bits per heavy atom. The van der Waals surface area contributed by atoms with Crippen LogP contribution in [0.1, 0.15) is 28.8 Å². The van der Waals surface area contributed by atoms with Crippen LogP contribution < -0.4 is 4.74 Å². The summed E-state index contributed by atoms with van der Waals surface area (Å²) in [5.74, 6) is -3.38. The summed E-state index contributed by atoms with van der Waals surface area (Å²) in [6, 6.07) is 10.5. The zero-order chi connectivity index (χ0) is 25.1. The van der Waals surface area contributed by atoms with E-state index in [2.05, 4.69) is 4.98 Å². The first-order chi connectivity index (χ1) is 16.1. The number of aliphatic carboxylic acids is 2. The number of sulfonamides is 1. The zero-order valence-corrected chi connectivity index (χ0v) is 19.5. The summed E-state index contributed by atoms with van der Waals surface area (Å²) in [6.07, 6.45) is 5.10. The molecule has 11 nitrogen and oxygen atoms in total. The molecule has 0 saturated carbocycles. The standard InChI is InChI=1S/C20H25N3O4S.C2H2O4/c1-27-19-6-4-5-18(15-19)20(24)22(16-17-7-9-21-10-8-17)13-14-28(25,26)23-11-2-3-12-23;3-1(4)2(5)6/h4-10,15H,2-3,11-14,16H2,1H3;(H,3,4)(H,5,6). The number of hydrogen-bond donors (Lipinski definition) is 2. The summed E-state index contributed by atoms with van der Waals surface area (Å²) in [4.78, 5) is 36.9.